The third-order valence-electron chi connectivity index (χ3n) is 11.8. The minimum Gasteiger partial charge on any atom is -0.359 e. The van der Waals surface area contributed by atoms with Crippen molar-refractivity contribution in [3.05, 3.63) is 175 Å². The molecule has 0 spiro atoms. The monoisotopic (exact) mass is 702 g/mol. The van der Waals surface area contributed by atoms with Crippen molar-refractivity contribution in [3.63, 3.8) is 0 Å². The molecule has 6 heteroatoms. The Hall–Kier alpha value is -7.44. The van der Waals surface area contributed by atoms with Crippen LogP contribution in [0.25, 0.3) is 82.1 Å². The van der Waals surface area contributed by atoms with Gasteiger partial charge < -0.3 is 5.32 Å². The molecule has 256 valence electrons. The van der Waals surface area contributed by atoms with Gasteiger partial charge in [-0.1, -0.05) is 115 Å². The van der Waals surface area contributed by atoms with E-state index in [9.17, 15) is 0 Å². The van der Waals surface area contributed by atoms with Crippen LogP contribution < -0.4 is 10.2 Å². The number of rotatable bonds is 1. The zero-order valence-electron chi connectivity index (χ0n) is 29.5. The molecule has 55 heavy (non-hydrogen) atoms. The van der Waals surface area contributed by atoms with Gasteiger partial charge >= 0.3 is 0 Å². The van der Waals surface area contributed by atoms with E-state index in [1.807, 2.05) is 0 Å². The summed E-state index contributed by atoms with van der Waals surface area (Å²) in [5.41, 5.74) is 13.2. The molecule has 1 atom stereocenters. The number of aromatic nitrogens is 3. The number of hydrogen-bond donors (Lipinski definition) is 1. The van der Waals surface area contributed by atoms with Crippen molar-refractivity contribution < 1.29 is 0 Å². The SMILES string of the molecule is c1ccc2c(c1)N=C(n1c3ccccc3c3cc(-c4ccc5nc6c7c8ccccc8ccc7c7ccccc7n6c5c4)ccc31)N1c3ccccc3NC21. The summed E-state index contributed by atoms with van der Waals surface area (Å²) in [4.78, 5) is 13.1. The lowest BCUT2D eigenvalue weighted by Crippen LogP contribution is -2.40. The van der Waals surface area contributed by atoms with Crippen molar-refractivity contribution in [1.82, 2.24) is 14.0 Å². The molecule has 5 heterocycles. The molecule has 1 N–H and O–H groups in total. The van der Waals surface area contributed by atoms with Gasteiger partial charge in [0.15, 0.2) is 0 Å². The van der Waals surface area contributed by atoms with E-state index < -0.39 is 0 Å². The van der Waals surface area contributed by atoms with Crippen LogP contribution in [0.5, 0.6) is 0 Å². The van der Waals surface area contributed by atoms with Crippen molar-refractivity contribution in [1.29, 1.82) is 0 Å². The van der Waals surface area contributed by atoms with Gasteiger partial charge in [0, 0.05) is 27.1 Å². The van der Waals surface area contributed by atoms with Crippen molar-refractivity contribution >= 4 is 94.0 Å². The largest absolute Gasteiger partial charge is 0.359 e. The van der Waals surface area contributed by atoms with Crippen LogP contribution in [0, 0.1) is 0 Å². The molecule has 8 aromatic carbocycles. The minimum atomic E-state index is -0.0556. The molecule has 3 aromatic heterocycles. The van der Waals surface area contributed by atoms with Crippen LogP contribution in [0.4, 0.5) is 17.1 Å². The molecule has 0 radical (unpaired) electrons. The summed E-state index contributed by atoms with van der Waals surface area (Å²) in [5, 5.41) is 12.3. The number of pyridine rings is 1. The topological polar surface area (TPSA) is 49.9 Å². The Labute approximate surface area is 314 Å². The molecular weight excluding hydrogens is 673 g/mol. The van der Waals surface area contributed by atoms with E-state index in [0.717, 1.165) is 67.4 Å². The van der Waals surface area contributed by atoms with Crippen molar-refractivity contribution in [3.8, 4) is 11.1 Å². The van der Waals surface area contributed by atoms with Gasteiger partial charge in [0.2, 0.25) is 5.96 Å². The molecule has 0 aliphatic carbocycles. The van der Waals surface area contributed by atoms with E-state index in [2.05, 4.69) is 189 Å². The number of nitrogens with one attached hydrogen (secondary N) is 1. The van der Waals surface area contributed by atoms with Crippen molar-refractivity contribution in [2.75, 3.05) is 10.2 Å². The van der Waals surface area contributed by atoms with Gasteiger partial charge in [-0.05, 0) is 81.9 Å². The number of anilines is 2. The van der Waals surface area contributed by atoms with Crippen molar-refractivity contribution in [2.24, 2.45) is 4.99 Å². The predicted molar refractivity (Wildman–Crippen MR) is 228 cm³/mol. The van der Waals surface area contributed by atoms with Crippen LogP contribution in [0.1, 0.15) is 11.7 Å². The number of benzene rings is 8. The molecule has 13 rings (SSSR count). The smallest absolute Gasteiger partial charge is 0.217 e. The first-order valence-corrected chi connectivity index (χ1v) is 18.8. The van der Waals surface area contributed by atoms with Crippen LogP contribution in [0.3, 0.4) is 0 Å². The summed E-state index contributed by atoms with van der Waals surface area (Å²) in [6, 6.07) is 61.2. The fourth-order valence-electron chi connectivity index (χ4n) is 9.40. The average molecular weight is 703 g/mol. The molecule has 0 bridgehead atoms. The summed E-state index contributed by atoms with van der Waals surface area (Å²) in [6.45, 7) is 0. The second-order valence-electron chi connectivity index (χ2n) is 14.7. The second kappa shape index (κ2) is 10.6. The summed E-state index contributed by atoms with van der Waals surface area (Å²) < 4.78 is 4.71. The van der Waals surface area contributed by atoms with E-state index in [1.165, 1.54) is 43.3 Å². The number of para-hydroxylation sites is 5. The van der Waals surface area contributed by atoms with E-state index >= 15 is 0 Å². The molecular formula is C49H30N6. The number of nitrogens with zero attached hydrogens (tertiary/aromatic N) is 5. The van der Waals surface area contributed by atoms with E-state index in [4.69, 9.17) is 9.98 Å². The molecule has 11 aromatic rings. The predicted octanol–water partition coefficient (Wildman–Crippen LogP) is 12.2. The van der Waals surface area contributed by atoms with E-state index in [-0.39, 0.29) is 6.17 Å². The Kier molecular flexibility index (Phi) is 5.59. The first kappa shape index (κ1) is 29.1. The van der Waals surface area contributed by atoms with E-state index in [1.54, 1.807) is 0 Å². The first-order chi connectivity index (χ1) is 27.3. The lowest BCUT2D eigenvalue weighted by molar-refractivity contribution is 0.814. The fourth-order valence-corrected chi connectivity index (χ4v) is 9.40. The van der Waals surface area contributed by atoms with Crippen LogP contribution >= 0.6 is 0 Å². The molecule has 0 saturated carbocycles. The molecule has 0 fully saturated rings. The highest BCUT2D eigenvalue weighted by atomic mass is 15.4. The fraction of sp³-hybridized carbons (Fsp3) is 0.0204. The van der Waals surface area contributed by atoms with Gasteiger partial charge in [0.1, 0.15) is 11.8 Å². The molecule has 2 aliphatic heterocycles. The van der Waals surface area contributed by atoms with E-state index in [0.29, 0.717) is 0 Å². The standard InChI is InChI=1S/C49H30N6/c1-2-12-32-29(11-1)21-24-35-33-13-4-8-18-41(33)53-45-28-31(22-25-40(45)51-48(53)46(32)35)30-23-26-43-37(27-30)34-14-5-9-19-42(34)54(43)49-52-38-16-6-3-15-36(38)47-50-39-17-7-10-20-44(39)55(47)49/h1-28,47,50H. The highest BCUT2D eigenvalue weighted by Gasteiger charge is 2.39. The van der Waals surface area contributed by atoms with Gasteiger partial charge in [-0.25, -0.2) is 9.98 Å². The van der Waals surface area contributed by atoms with Gasteiger partial charge in [-0.15, -0.1) is 0 Å². The Bertz CT molecular complexity index is 3500. The third-order valence-corrected chi connectivity index (χ3v) is 11.8. The van der Waals surface area contributed by atoms with Gasteiger partial charge in [0.05, 0.1) is 44.6 Å². The van der Waals surface area contributed by atoms with Crippen LogP contribution in [-0.4, -0.2) is 19.9 Å². The quantitative estimate of drug-likeness (QED) is 0.173. The number of fused-ring (bicyclic) bond motifs is 18. The highest BCUT2D eigenvalue weighted by Crippen LogP contribution is 2.48. The van der Waals surface area contributed by atoms with Gasteiger partial charge in [-0.3, -0.25) is 13.9 Å². The molecule has 0 amide bonds. The summed E-state index contributed by atoms with van der Waals surface area (Å²) in [6.07, 6.45) is -0.0556. The molecule has 0 saturated heterocycles. The Morgan fingerprint density at radius 3 is 2.15 bits per heavy atom. The Morgan fingerprint density at radius 1 is 0.509 bits per heavy atom. The van der Waals surface area contributed by atoms with Crippen LogP contribution in [-0.2, 0) is 0 Å². The first-order valence-electron chi connectivity index (χ1n) is 18.8. The number of imidazole rings is 1. The maximum Gasteiger partial charge on any atom is 0.217 e. The van der Waals surface area contributed by atoms with Crippen LogP contribution in [0.2, 0.25) is 0 Å². The summed E-state index contributed by atoms with van der Waals surface area (Å²) >= 11 is 0. The Balaban J connectivity index is 1.04. The summed E-state index contributed by atoms with van der Waals surface area (Å²) in [5.74, 6) is 0.888. The van der Waals surface area contributed by atoms with Crippen LogP contribution in [0.15, 0.2) is 175 Å². The minimum absolute atomic E-state index is 0.0556. The van der Waals surface area contributed by atoms with Crippen molar-refractivity contribution in [2.45, 2.75) is 6.17 Å². The number of hydrogen-bond acceptors (Lipinski definition) is 4. The molecule has 1 unspecified atom stereocenters. The Morgan fingerprint density at radius 2 is 1.22 bits per heavy atom. The lowest BCUT2D eigenvalue weighted by Gasteiger charge is -2.33. The molecule has 2 aliphatic rings. The molecule has 6 nitrogen and oxygen atoms in total. The second-order valence-corrected chi connectivity index (χ2v) is 14.7. The van der Waals surface area contributed by atoms with Gasteiger partial charge in [0.25, 0.3) is 0 Å². The lowest BCUT2D eigenvalue weighted by atomic mass is 9.99. The normalized spacial score (nSPS) is 14.9. The van der Waals surface area contributed by atoms with Gasteiger partial charge in [-0.2, -0.15) is 0 Å². The highest BCUT2D eigenvalue weighted by molar-refractivity contribution is 6.23. The summed E-state index contributed by atoms with van der Waals surface area (Å²) in [7, 11) is 0. The third kappa shape index (κ3) is 3.87. The average Bonchev–Trinajstić information content (AvgIpc) is 3.93. The zero-order valence-corrected chi connectivity index (χ0v) is 29.5. The number of aliphatic imine (C=N–C) groups is 1. The maximum atomic E-state index is 5.39. The zero-order chi connectivity index (χ0) is 35.8. The maximum absolute atomic E-state index is 5.39.